The van der Waals surface area contributed by atoms with Gasteiger partial charge in [0.25, 0.3) is 0 Å². The number of alkyl halides is 3. The Hall–Kier alpha value is -1.12. The van der Waals surface area contributed by atoms with Crippen molar-refractivity contribution in [2.24, 2.45) is 5.73 Å². The van der Waals surface area contributed by atoms with E-state index in [1.165, 1.54) is 11.2 Å². The van der Waals surface area contributed by atoms with Crippen molar-refractivity contribution in [1.82, 2.24) is 4.31 Å². The molecular weight excluding hydrogens is 305 g/mol. The first-order valence-electron chi connectivity index (χ1n) is 6.56. The summed E-state index contributed by atoms with van der Waals surface area (Å²) in [6.07, 6.45) is -3.37. The number of sulfonamides is 1. The maximum Gasteiger partial charge on any atom is 0.416 e. The van der Waals surface area contributed by atoms with Crippen LogP contribution in [0.5, 0.6) is 0 Å². The highest BCUT2D eigenvalue weighted by Gasteiger charge is 2.33. The highest BCUT2D eigenvalue weighted by atomic mass is 32.2. The molecule has 1 aliphatic rings. The summed E-state index contributed by atoms with van der Waals surface area (Å²) >= 11 is 0. The predicted octanol–water partition coefficient (Wildman–Crippen LogP) is 2.13. The van der Waals surface area contributed by atoms with Gasteiger partial charge < -0.3 is 5.73 Å². The van der Waals surface area contributed by atoms with Gasteiger partial charge in [0.2, 0.25) is 10.0 Å². The van der Waals surface area contributed by atoms with Crippen LogP contribution in [0.15, 0.2) is 23.1 Å². The van der Waals surface area contributed by atoms with Crippen LogP contribution in [0.4, 0.5) is 13.2 Å². The van der Waals surface area contributed by atoms with Crippen LogP contribution in [0.1, 0.15) is 24.0 Å². The molecule has 0 aliphatic carbocycles. The van der Waals surface area contributed by atoms with Crippen LogP contribution in [-0.2, 0) is 16.2 Å². The Bertz CT molecular complexity index is 621. The third kappa shape index (κ3) is 3.38. The zero-order valence-electron chi connectivity index (χ0n) is 11.5. The standard InChI is InChI=1S/C13H17F3N2O2S/c1-9-8-10(13(14,15)16)2-3-12(9)21(19,20)18-6-4-11(17)5-7-18/h2-3,8,11H,4-7,17H2,1H3. The fraction of sp³-hybridized carbons (Fsp3) is 0.538. The minimum absolute atomic E-state index is 0.0230. The number of hydrogen-bond acceptors (Lipinski definition) is 3. The molecule has 0 radical (unpaired) electrons. The van der Waals surface area contributed by atoms with E-state index in [-0.39, 0.29) is 16.5 Å². The lowest BCUT2D eigenvalue weighted by molar-refractivity contribution is -0.137. The Morgan fingerprint density at radius 2 is 1.81 bits per heavy atom. The van der Waals surface area contributed by atoms with Crippen LogP contribution >= 0.6 is 0 Å². The van der Waals surface area contributed by atoms with Crippen molar-refractivity contribution in [2.75, 3.05) is 13.1 Å². The minimum Gasteiger partial charge on any atom is -0.328 e. The van der Waals surface area contributed by atoms with Crippen LogP contribution in [0, 0.1) is 6.92 Å². The number of rotatable bonds is 2. The van der Waals surface area contributed by atoms with Crippen LogP contribution in [0.2, 0.25) is 0 Å². The van der Waals surface area contributed by atoms with Gasteiger partial charge >= 0.3 is 6.18 Å². The second kappa shape index (κ2) is 5.58. The monoisotopic (exact) mass is 322 g/mol. The van der Waals surface area contributed by atoms with Crippen molar-refractivity contribution in [3.63, 3.8) is 0 Å². The molecule has 0 aromatic heterocycles. The average Bonchev–Trinajstić information content (AvgIpc) is 2.37. The first-order chi connectivity index (χ1) is 9.62. The molecule has 0 bridgehead atoms. The van der Waals surface area contributed by atoms with Gasteiger partial charge in [0.1, 0.15) is 0 Å². The van der Waals surface area contributed by atoms with Crippen LogP contribution in [-0.4, -0.2) is 31.9 Å². The van der Waals surface area contributed by atoms with Crippen molar-refractivity contribution in [2.45, 2.75) is 36.9 Å². The summed E-state index contributed by atoms with van der Waals surface area (Å²) in [5, 5.41) is 0. The third-order valence-corrected chi connectivity index (χ3v) is 5.68. The van der Waals surface area contributed by atoms with Gasteiger partial charge in [-0.1, -0.05) is 0 Å². The molecule has 8 heteroatoms. The van der Waals surface area contributed by atoms with Gasteiger partial charge in [-0.25, -0.2) is 8.42 Å². The molecule has 118 valence electrons. The normalized spacial score (nSPS) is 18.9. The zero-order valence-corrected chi connectivity index (χ0v) is 12.3. The van der Waals surface area contributed by atoms with Crippen molar-refractivity contribution < 1.29 is 21.6 Å². The fourth-order valence-electron chi connectivity index (χ4n) is 2.37. The largest absolute Gasteiger partial charge is 0.416 e. The second-order valence-corrected chi connectivity index (χ2v) is 7.13. The van der Waals surface area contributed by atoms with Gasteiger partial charge in [0.05, 0.1) is 10.5 Å². The number of halogens is 3. The zero-order chi connectivity index (χ0) is 15.8. The van der Waals surface area contributed by atoms with Gasteiger partial charge in [0, 0.05) is 19.1 Å². The van der Waals surface area contributed by atoms with E-state index in [9.17, 15) is 21.6 Å². The van der Waals surface area contributed by atoms with E-state index in [0.717, 1.165) is 18.2 Å². The summed E-state index contributed by atoms with van der Waals surface area (Å²) in [7, 11) is -3.77. The van der Waals surface area contributed by atoms with Gasteiger partial charge in [-0.3, -0.25) is 0 Å². The maximum absolute atomic E-state index is 12.6. The molecule has 1 aromatic rings. The molecule has 0 atom stereocenters. The van der Waals surface area contributed by atoms with E-state index in [2.05, 4.69) is 0 Å². The molecule has 21 heavy (non-hydrogen) atoms. The lowest BCUT2D eigenvalue weighted by atomic mass is 10.1. The quantitative estimate of drug-likeness (QED) is 0.907. The van der Waals surface area contributed by atoms with Crippen LogP contribution < -0.4 is 5.73 Å². The molecule has 2 rings (SSSR count). The lowest BCUT2D eigenvalue weighted by Crippen LogP contribution is -2.42. The molecule has 1 fully saturated rings. The fourth-order valence-corrected chi connectivity index (χ4v) is 4.05. The molecule has 1 aromatic carbocycles. The molecule has 4 nitrogen and oxygen atoms in total. The number of nitrogens with two attached hydrogens (primary N) is 1. The highest BCUT2D eigenvalue weighted by Crippen LogP contribution is 2.32. The Balaban J connectivity index is 2.33. The van der Waals surface area contributed by atoms with E-state index in [1.54, 1.807) is 0 Å². The summed E-state index contributed by atoms with van der Waals surface area (Å²) in [4.78, 5) is -0.0778. The number of aryl methyl sites for hydroxylation is 1. The number of piperidine rings is 1. The Morgan fingerprint density at radius 1 is 1.24 bits per heavy atom. The molecular formula is C13H17F3N2O2S. The number of nitrogens with zero attached hydrogens (tertiary/aromatic N) is 1. The highest BCUT2D eigenvalue weighted by molar-refractivity contribution is 7.89. The van der Waals surface area contributed by atoms with Crippen molar-refractivity contribution in [1.29, 1.82) is 0 Å². The van der Waals surface area contributed by atoms with Crippen molar-refractivity contribution in [3.8, 4) is 0 Å². The smallest absolute Gasteiger partial charge is 0.328 e. The van der Waals surface area contributed by atoms with Crippen molar-refractivity contribution >= 4 is 10.0 Å². The summed E-state index contributed by atoms with van der Waals surface area (Å²) in [6.45, 7) is 1.96. The summed E-state index contributed by atoms with van der Waals surface area (Å²) in [5.41, 5.74) is 4.98. The van der Waals surface area contributed by atoms with Crippen LogP contribution in [0.3, 0.4) is 0 Å². The van der Waals surface area contributed by atoms with Gasteiger partial charge in [-0.2, -0.15) is 17.5 Å². The maximum atomic E-state index is 12.6. The summed E-state index contributed by atoms with van der Waals surface area (Å²) < 4.78 is 64.1. The van der Waals surface area contributed by atoms with E-state index < -0.39 is 21.8 Å². The molecule has 0 amide bonds. The van der Waals surface area contributed by atoms with E-state index in [4.69, 9.17) is 5.73 Å². The lowest BCUT2D eigenvalue weighted by Gasteiger charge is -2.29. The molecule has 0 unspecified atom stereocenters. The Labute approximate surface area is 121 Å². The minimum atomic E-state index is -4.48. The first-order valence-corrected chi connectivity index (χ1v) is 8.00. The first kappa shape index (κ1) is 16.3. The van der Waals surface area contributed by atoms with Gasteiger partial charge in [-0.15, -0.1) is 0 Å². The molecule has 0 saturated carbocycles. The van der Waals surface area contributed by atoms with E-state index >= 15 is 0 Å². The molecule has 1 aliphatic heterocycles. The van der Waals surface area contributed by atoms with Crippen molar-refractivity contribution in [3.05, 3.63) is 29.3 Å². The summed E-state index contributed by atoms with van der Waals surface area (Å²) in [5.74, 6) is 0. The summed E-state index contributed by atoms with van der Waals surface area (Å²) in [6, 6.07) is 2.67. The van der Waals surface area contributed by atoms with E-state index in [0.29, 0.717) is 25.9 Å². The molecule has 2 N–H and O–H groups in total. The molecule has 0 spiro atoms. The molecule has 1 saturated heterocycles. The average molecular weight is 322 g/mol. The van der Waals surface area contributed by atoms with E-state index in [1.807, 2.05) is 0 Å². The van der Waals surface area contributed by atoms with Gasteiger partial charge in [0.15, 0.2) is 0 Å². The van der Waals surface area contributed by atoms with Crippen LogP contribution in [0.25, 0.3) is 0 Å². The second-order valence-electron chi connectivity index (χ2n) is 5.22. The third-order valence-electron chi connectivity index (χ3n) is 3.62. The topological polar surface area (TPSA) is 63.4 Å². The predicted molar refractivity (Wildman–Crippen MR) is 72.1 cm³/mol. The van der Waals surface area contributed by atoms with Gasteiger partial charge in [-0.05, 0) is 43.5 Å². The Kier molecular flexibility index (Phi) is 4.32. The number of hydrogen-bond donors (Lipinski definition) is 1. The molecule has 1 heterocycles. The Morgan fingerprint density at radius 3 is 2.29 bits per heavy atom. The number of benzene rings is 1. The SMILES string of the molecule is Cc1cc(C(F)(F)F)ccc1S(=O)(=O)N1CCC(N)CC1.